The van der Waals surface area contributed by atoms with Gasteiger partial charge in [0.25, 0.3) is 5.91 Å². The van der Waals surface area contributed by atoms with Crippen LogP contribution in [0.15, 0.2) is 18.5 Å². The number of fused-ring (bicyclic) bond motifs is 2. The van der Waals surface area contributed by atoms with Crippen LogP contribution in [-0.2, 0) is 10.3 Å². The Morgan fingerprint density at radius 1 is 1.00 bits per heavy atom. The molecule has 4 N–H and O–H groups in total. The molecule has 11 heteroatoms. The molecule has 0 radical (unpaired) electrons. The standard InChI is InChI=1S/C33H51FN8O2/c1-40-18-11-24(12-19-40)44-25-13-20-41(21-14-25)27-10-17-36-22-26(27)38-32(43)29-30(35)39-42-31(29)37-23-28(34)33(42)15-8-6-4-2-3-5-7-9-16-33/h10,17,22,24-25,28,37H,2-9,11-16,18-21,23H2,1H3,(H2,35,39)(H,38,43). The third-order valence-corrected chi connectivity index (χ3v) is 10.4. The number of rotatable bonds is 5. The first-order chi connectivity index (χ1) is 21.4. The zero-order valence-corrected chi connectivity index (χ0v) is 26.4. The first-order valence-corrected chi connectivity index (χ1v) is 17.1. The highest BCUT2D eigenvalue weighted by atomic mass is 19.1. The molecule has 1 unspecified atom stereocenters. The zero-order valence-electron chi connectivity index (χ0n) is 26.4. The predicted molar refractivity (Wildman–Crippen MR) is 173 cm³/mol. The van der Waals surface area contributed by atoms with Crippen LogP contribution in [0.4, 0.5) is 27.4 Å². The molecule has 1 spiro atoms. The predicted octanol–water partition coefficient (Wildman–Crippen LogP) is 5.57. The fraction of sp³-hybridized carbons (Fsp3) is 0.727. The van der Waals surface area contributed by atoms with Crippen LogP contribution in [0.25, 0.3) is 0 Å². The molecule has 10 nitrogen and oxygen atoms in total. The number of nitrogens with one attached hydrogen (secondary N) is 2. The highest BCUT2D eigenvalue weighted by Gasteiger charge is 2.47. The van der Waals surface area contributed by atoms with Gasteiger partial charge in [-0.05, 0) is 51.6 Å². The summed E-state index contributed by atoms with van der Waals surface area (Å²) in [7, 11) is 2.17. The molecular weight excluding hydrogens is 559 g/mol. The molecule has 2 aromatic rings. The number of nitrogens with two attached hydrogens (primary N) is 1. The van der Waals surface area contributed by atoms with Crippen molar-refractivity contribution in [3.05, 3.63) is 24.0 Å². The molecule has 1 amide bonds. The molecule has 5 heterocycles. The van der Waals surface area contributed by atoms with E-state index in [4.69, 9.17) is 10.5 Å². The summed E-state index contributed by atoms with van der Waals surface area (Å²) in [5, 5.41) is 10.9. The normalized spacial score (nSPS) is 24.3. The first-order valence-electron chi connectivity index (χ1n) is 17.1. The van der Waals surface area contributed by atoms with Crippen LogP contribution in [0, 0.1) is 0 Å². The minimum Gasteiger partial charge on any atom is -0.381 e. The number of ether oxygens (including phenoxy) is 1. The van der Waals surface area contributed by atoms with Crippen molar-refractivity contribution in [3.8, 4) is 0 Å². The summed E-state index contributed by atoms with van der Waals surface area (Å²) in [5.74, 6) is 0.307. The molecule has 1 aliphatic carbocycles. The van der Waals surface area contributed by atoms with Crippen LogP contribution >= 0.6 is 0 Å². The molecule has 6 rings (SSSR count). The van der Waals surface area contributed by atoms with E-state index in [0.717, 1.165) is 83.2 Å². The van der Waals surface area contributed by atoms with Crippen LogP contribution in [-0.4, -0.2) is 83.7 Å². The number of pyridine rings is 1. The molecule has 4 aliphatic rings. The van der Waals surface area contributed by atoms with E-state index < -0.39 is 11.7 Å². The van der Waals surface area contributed by atoms with Crippen molar-refractivity contribution in [2.45, 2.75) is 114 Å². The van der Waals surface area contributed by atoms with Crippen molar-refractivity contribution in [1.82, 2.24) is 19.7 Å². The van der Waals surface area contributed by atoms with Crippen molar-refractivity contribution in [2.24, 2.45) is 0 Å². The second-order valence-electron chi connectivity index (χ2n) is 13.5. The first kappa shape index (κ1) is 31.1. The maximum absolute atomic E-state index is 15.9. The highest BCUT2D eigenvalue weighted by molar-refractivity contribution is 6.12. The van der Waals surface area contributed by atoms with Gasteiger partial charge in [0, 0.05) is 38.9 Å². The molecule has 2 aromatic heterocycles. The van der Waals surface area contributed by atoms with Crippen LogP contribution in [0.2, 0.25) is 0 Å². The lowest BCUT2D eigenvalue weighted by molar-refractivity contribution is -0.0482. The third-order valence-electron chi connectivity index (χ3n) is 10.4. The Balaban J connectivity index is 1.16. The van der Waals surface area contributed by atoms with Crippen molar-refractivity contribution >= 4 is 28.9 Å². The fourth-order valence-electron chi connectivity index (χ4n) is 7.80. The van der Waals surface area contributed by atoms with E-state index in [1.54, 1.807) is 17.1 Å². The van der Waals surface area contributed by atoms with Gasteiger partial charge in [0.1, 0.15) is 17.6 Å². The van der Waals surface area contributed by atoms with Crippen LogP contribution < -0.4 is 21.3 Å². The maximum atomic E-state index is 15.9. The lowest BCUT2D eigenvalue weighted by Crippen LogP contribution is -2.51. The summed E-state index contributed by atoms with van der Waals surface area (Å²) >= 11 is 0. The number of carbonyl (C=O) groups excluding carboxylic acids is 1. The largest absolute Gasteiger partial charge is 0.381 e. The molecule has 242 valence electrons. The van der Waals surface area contributed by atoms with Gasteiger partial charge in [-0.3, -0.25) is 9.78 Å². The number of hydrogen-bond acceptors (Lipinski definition) is 8. The van der Waals surface area contributed by atoms with Gasteiger partial charge >= 0.3 is 0 Å². The molecule has 2 saturated heterocycles. The maximum Gasteiger partial charge on any atom is 0.263 e. The van der Waals surface area contributed by atoms with E-state index in [1.807, 2.05) is 6.07 Å². The van der Waals surface area contributed by atoms with E-state index in [0.29, 0.717) is 30.5 Å². The highest BCUT2D eigenvalue weighted by Crippen LogP contribution is 2.43. The number of likely N-dealkylation sites (tertiary alicyclic amines) is 1. The molecule has 1 saturated carbocycles. The molecule has 3 aliphatic heterocycles. The second-order valence-corrected chi connectivity index (χ2v) is 13.5. The topological polar surface area (TPSA) is 114 Å². The minimum absolute atomic E-state index is 0.130. The molecule has 44 heavy (non-hydrogen) atoms. The Bertz CT molecular complexity index is 1240. The van der Waals surface area contributed by atoms with Gasteiger partial charge in [0.05, 0.1) is 35.3 Å². The lowest BCUT2D eigenvalue weighted by atomic mass is 9.81. The smallest absolute Gasteiger partial charge is 0.263 e. The van der Waals surface area contributed by atoms with Crippen molar-refractivity contribution in [3.63, 3.8) is 0 Å². The van der Waals surface area contributed by atoms with Gasteiger partial charge in [-0.2, -0.15) is 5.10 Å². The number of nitrogens with zero attached hydrogens (tertiary/aromatic N) is 5. The molecule has 1 atom stereocenters. The average Bonchev–Trinajstić information content (AvgIpc) is 3.35. The monoisotopic (exact) mass is 610 g/mol. The number of alkyl halides is 1. The third kappa shape index (κ3) is 6.68. The summed E-state index contributed by atoms with van der Waals surface area (Å²) in [6.07, 6.45) is 17.4. The number of halogens is 1. The van der Waals surface area contributed by atoms with Gasteiger partial charge in [-0.15, -0.1) is 0 Å². The van der Waals surface area contributed by atoms with E-state index in [-0.39, 0.29) is 29.9 Å². The SMILES string of the molecule is CN1CCC(OC2CCN(c3ccncc3NC(=O)c3c(N)nn4c3NCC(F)C43CCCCCCCCCC3)CC2)CC1. The number of hydrogen-bond donors (Lipinski definition) is 3. The summed E-state index contributed by atoms with van der Waals surface area (Å²) in [6.45, 7) is 4.03. The number of anilines is 4. The molecule has 0 aromatic carbocycles. The minimum atomic E-state index is -1.10. The number of amides is 1. The summed E-state index contributed by atoms with van der Waals surface area (Å²) in [4.78, 5) is 22.9. The Kier molecular flexibility index (Phi) is 9.90. The zero-order chi connectivity index (χ0) is 30.5. The Morgan fingerprint density at radius 2 is 1.61 bits per heavy atom. The van der Waals surface area contributed by atoms with E-state index in [2.05, 4.69) is 37.6 Å². The number of piperidine rings is 2. The fourth-order valence-corrected chi connectivity index (χ4v) is 7.80. The summed E-state index contributed by atoms with van der Waals surface area (Å²) < 4.78 is 24.1. The van der Waals surface area contributed by atoms with Gasteiger partial charge in [-0.25, -0.2) is 9.07 Å². The van der Waals surface area contributed by atoms with Gasteiger partial charge < -0.3 is 30.9 Å². The van der Waals surface area contributed by atoms with Crippen LogP contribution in [0.3, 0.4) is 0 Å². The lowest BCUT2D eigenvalue weighted by Gasteiger charge is -2.42. The van der Waals surface area contributed by atoms with Crippen molar-refractivity contribution < 1.29 is 13.9 Å². The summed E-state index contributed by atoms with van der Waals surface area (Å²) in [6, 6.07) is 1.95. The van der Waals surface area contributed by atoms with Crippen LogP contribution in [0.1, 0.15) is 100 Å². The Labute approximate surface area is 261 Å². The molecular formula is C33H51FN8O2. The second kappa shape index (κ2) is 14.0. The Hall–Kier alpha value is -2.92. The van der Waals surface area contributed by atoms with Gasteiger partial charge in [-0.1, -0.05) is 51.4 Å². The van der Waals surface area contributed by atoms with E-state index in [9.17, 15) is 4.79 Å². The number of aromatic nitrogens is 3. The van der Waals surface area contributed by atoms with Gasteiger partial charge in [0.15, 0.2) is 5.82 Å². The van der Waals surface area contributed by atoms with E-state index >= 15 is 4.39 Å². The average molecular weight is 611 g/mol. The van der Waals surface area contributed by atoms with E-state index in [1.165, 1.54) is 25.7 Å². The quantitative estimate of drug-likeness (QED) is 0.403. The molecule has 0 bridgehead atoms. The van der Waals surface area contributed by atoms with Crippen molar-refractivity contribution in [1.29, 1.82) is 0 Å². The number of carbonyl (C=O) groups is 1. The summed E-state index contributed by atoms with van der Waals surface area (Å²) in [5.41, 5.74) is 7.51. The molecule has 3 fully saturated rings. The van der Waals surface area contributed by atoms with Crippen LogP contribution in [0.5, 0.6) is 0 Å². The van der Waals surface area contributed by atoms with Crippen molar-refractivity contribution in [2.75, 3.05) is 61.0 Å². The Morgan fingerprint density at radius 3 is 2.27 bits per heavy atom. The number of nitrogen functional groups attached to an aromatic ring is 1. The van der Waals surface area contributed by atoms with Gasteiger partial charge in [0.2, 0.25) is 0 Å².